The molecule has 19 heavy (non-hydrogen) atoms. The van der Waals surface area contributed by atoms with Crippen LogP contribution in [0.15, 0.2) is 17.2 Å². The summed E-state index contributed by atoms with van der Waals surface area (Å²) in [6, 6.07) is 1.28. The molecule has 1 aromatic heterocycles. The third-order valence-electron chi connectivity index (χ3n) is 2.82. The van der Waals surface area contributed by atoms with Gasteiger partial charge in [-0.25, -0.2) is 8.42 Å². The van der Waals surface area contributed by atoms with Crippen molar-refractivity contribution in [1.82, 2.24) is 9.88 Å². The number of nitrogens with zero attached hydrogens (tertiary/aromatic N) is 1. The Morgan fingerprint density at radius 1 is 1.47 bits per heavy atom. The lowest BCUT2D eigenvalue weighted by molar-refractivity contribution is 0.0900. The number of hydrogen-bond acceptors (Lipinski definition) is 3. The molecule has 1 heterocycles. The zero-order chi connectivity index (χ0) is 14.8. The van der Waals surface area contributed by atoms with Crippen molar-refractivity contribution in [2.75, 3.05) is 0 Å². The standard InChI is InChI=1S/C12H19ClN2O3S/c1-5-6-12(2,3)14-11(16)10-7-9(8-15(10)4)19(13,17)18/h7-8H,5-6H2,1-4H3,(H,14,16). The Bertz CT molecular complexity index is 576. The van der Waals surface area contributed by atoms with Gasteiger partial charge in [-0.1, -0.05) is 13.3 Å². The second-order valence-corrected chi connectivity index (χ2v) is 7.76. The molecule has 0 aliphatic heterocycles. The van der Waals surface area contributed by atoms with Crippen LogP contribution in [0, 0.1) is 0 Å². The molecule has 0 aromatic carbocycles. The van der Waals surface area contributed by atoms with Crippen LogP contribution in [0.1, 0.15) is 44.1 Å². The first-order chi connectivity index (χ1) is 8.57. The summed E-state index contributed by atoms with van der Waals surface area (Å²) in [5.41, 5.74) is -0.0702. The Labute approximate surface area is 118 Å². The van der Waals surface area contributed by atoms with Crippen LogP contribution in [0.25, 0.3) is 0 Å². The Morgan fingerprint density at radius 2 is 2.05 bits per heavy atom. The van der Waals surface area contributed by atoms with Gasteiger partial charge in [0.1, 0.15) is 10.6 Å². The number of carbonyl (C=O) groups is 1. The number of halogens is 1. The fraction of sp³-hybridized carbons (Fsp3) is 0.583. The third-order valence-corrected chi connectivity index (χ3v) is 4.14. The number of amides is 1. The fourth-order valence-corrected chi connectivity index (χ4v) is 2.74. The molecule has 0 aliphatic rings. The topological polar surface area (TPSA) is 68.2 Å². The van der Waals surface area contributed by atoms with Gasteiger partial charge in [0.15, 0.2) is 0 Å². The Hall–Kier alpha value is -1.01. The van der Waals surface area contributed by atoms with Gasteiger partial charge < -0.3 is 9.88 Å². The average molecular weight is 307 g/mol. The van der Waals surface area contributed by atoms with Gasteiger partial charge in [-0.3, -0.25) is 4.79 Å². The summed E-state index contributed by atoms with van der Waals surface area (Å²) in [5.74, 6) is -0.312. The van der Waals surface area contributed by atoms with Gasteiger partial charge in [-0.15, -0.1) is 0 Å². The largest absolute Gasteiger partial charge is 0.346 e. The smallest absolute Gasteiger partial charge is 0.268 e. The number of hydrogen-bond donors (Lipinski definition) is 1. The Morgan fingerprint density at radius 3 is 2.47 bits per heavy atom. The van der Waals surface area contributed by atoms with Crippen molar-refractivity contribution in [2.45, 2.75) is 44.0 Å². The molecule has 1 amide bonds. The molecular formula is C12H19ClN2O3S. The first-order valence-corrected chi connectivity index (χ1v) is 8.31. The maximum Gasteiger partial charge on any atom is 0.268 e. The van der Waals surface area contributed by atoms with Crippen molar-refractivity contribution < 1.29 is 13.2 Å². The van der Waals surface area contributed by atoms with Crippen molar-refractivity contribution in [3.8, 4) is 0 Å². The van der Waals surface area contributed by atoms with Crippen molar-refractivity contribution in [3.63, 3.8) is 0 Å². The van der Waals surface area contributed by atoms with Gasteiger partial charge in [-0.05, 0) is 26.3 Å². The van der Waals surface area contributed by atoms with Gasteiger partial charge in [0.05, 0.1) is 0 Å². The lowest BCUT2D eigenvalue weighted by Gasteiger charge is -2.25. The average Bonchev–Trinajstić information content (AvgIpc) is 2.58. The Balaban J connectivity index is 2.99. The van der Waals surface area contributed by atoms with Crippen molar-refractivity contribution >= 4 is 25.6 Å². The van der Waals surface area contributed by atoms with Crippen LogP contribution >= 0.6 is 10.7 Å². The molecule has 0 spiro atoms. The molecule has 0 saturated carbocycles. The highest BCUT2D eigenvalue weighted by Gasteiger charge is 2.23. The number of rotatable bonds is 5. The molecule has 5 nitrogen and oxygen atoms in total. The van der Waals surface area contributed by atoms with Gasteiger partial charge in [0.2, 0.25) is 0 Å². The number of nitrogens with one attached hydrogen (secondary N) is 1. The zero-order valence-electron chi connectivity index (χ0n) is 11.5. The summed E-state index contributed by atoms with van der Waals surface area (Å²) in [5, 5.41) is 2.88. The molecule has 1 aromatic rings. The summed E-state index contributed by atoms with van der Waals surface area (Å²) < 4.78 is 23.9. The van der Waals surface area contributed by atoms with Gasteiger partial charge in [0.25, 0.3) is 15.0 Å². The zero-order valence-corrected chi connectivity index (χ0v) is 13.1. The second kappa shape index (κ2) is 5.54. The predicted octanol–water partition coefficient (Wildman–Crippen LogP) is 2.26. The molecule has 1 rings (SSSR count). The molecule has 0 saturated heterocycles. The predicted molar refractivity (Wildman–Crippen MR) is 74.9 cm³/mol. The van der Waals surface area contributed by atoms with Gasteiger partial charge in [-0.2, -0.15) is 0 Å². The number of carbonyl (C=O) groups excluding carboxylic acids is 1. The van der Waals surface area contributed by atoms with E-state index in [9.17, 15) is 13.2 Å². The molecular weight excluding hydrogens is 288 g/mol. The first kappa shape index (κ1) is 16.0. The summed E-state index contributed by atoms with van der Waals surface area (Å²) in [7, 11) is 3.04. The van der Waals surface area contributed by atoms with Crippen LogP contribution in [0.2, 0.25) is 0 Å². The molecule has 0 aliphatic carbocycles. The minimum Gasteiger partial charge on any atom is -0.346 e. The van der Waals surface area contributed by atoms with Crippen LogP contribution in [-0.4, -0.2) is 24.4 Å². The molecule has 0 unspecified atom stereocenters. The van der Waals surface area contributed by atoms with Crippen LogP contribution in [0.4, 0.5) is 0 Å². The molecule has 0 fully saturated rings. The second-order valence-electron chi connectivity index (χ2n) is 5.20. The van der Waals surface area contributed by atoms with E-state index >= 15 is 0 Å². The van der Waals surface area contributed by atoms with E-state index in [2.05, 4.69) is 5.32 Å². The minimum absolute atomic E-state index is 0.0740. The highest BCUT2D eigenvalue weighted by Crippen LogP contribution is 2.19. The third kappa shape index (κ3) is 4.24. The van der Waals surface area contributed by atoms with Crippen LogP contribution < -0.4 is 5.32 Å². The maximum absolute atomic E-state index is 12.1. The molecule has 108 valence electrons. The summed E-state index contributed by atoms with van der Waals surface area (Å²) in [6.45, 7) is 5.89. The van der Waals surface area contributed by atoms with Crippen LogP contribution in [-0.2, 0) is 16.1 Å². The van der Waals surface area contributed by atoms with Crippen LogP contribution in [0.5, 0.6) is 0 Å². The van der Waals surface area contributed by atoms with Crippen LogP contribution in [0.3, 0.4) is 0 Å². The first-order valence-electron chi connectivity index (χ1n) is 6.00. The number of aryl methyl sites for hydroxylation is 1. The number of aromatic nitrogens is 1. The highest BCUT2D eigenvalue weighted by molar-refractivity contribution is 8.13. The molecule has 0 atom stereocenters. The van der Waals surface area contributed by atoms with Crippen molar-refractivity contribution in [3.05, 3.63) is 18.0 Å². The van der Waals surface area contributed by atoms with E-state index in [-0.39, 0.29) is 22.0 Å². The molecule has 7 heteroatoms. The van der Waals surface area contributed by atoms with Crippen molar-refractivity contribution in [2.24, 2.45) is 7.05 Å². The van der Waals surface area contributed by atoms with E-state index in [1.165, 1.54) is 16.8 Å². The monoisotopic (exact) mass is 306 g/mol. The lowest BCUT2D eigenvalue weighted by atomic mass is 9.99. The van der Waals surface area contributed by atoms with E-state index in [1.807, 2.05) is 20.8 Å². The van der Waals surface area contributed by atoms with Gasteiger partial charge >= 0.3 is 0 Å². The maximum atomic E-state index is 12.1. The molecule has 0 radical (unpaired) electrons. The molecule has 0 bridgehead atoms. The SMILES string of the molecule is CCCC(C)(C)NC(=O)c1cc(S(=O)(=O)Cl)cn1C. The lowest BCUT2D eigenvalue weighted by Crippen LogP contribution is -2.43. The minimum atomic E-state index is -3.82. The Kier molecular flexibility index (Phi) is 4.68. The van der Waals surface area contributed by atoms with E-state index in [1.54, 1.807) is 7.05 Å². The van der Waals surface area contributed by atoms with Gasteiger partial charge in [0, 0.05) is 29.5 Å². The normalized spacial score (nSPS) is 12.5. The van der Waals surface area contributed by atoms with E-state index in [0.717, 1.165) is 12.8 Å². The summed E-state index contributed by atoms with van der Waals surface area (Å²) in [4.78, 5) is 12.1. The van der Waals surface area contributed by atoms with Crippen molar-refractivity contribution in [1.29, 1.82) is 0 Å². The highest BCUT2D eigenvalue weighted by atomic mass is 35.7. The quantitative estimate of drug-likeness (QED) is 0.848. The van der Waals surface area contributed by atoms with E-state index in [4.69, 9.17) is 10.7 Å². The summed E-state index contributed by atoms with van der Waals surface area (Å²) >= 11 is 0. The fourth-order valence-electron chi connectivity index (χ4n) is 1.95. The van der Waals surface area contributed by atoms with E-state index in [0.29, 0.717) is 0 Å². The van der Waals surface area contributed by atoms with E-state index < -0.39 is 9.05 Å². The summed E-state index contributed by atoms with van der Waals surface area (Å²) in [6.07, 6.45) is 3.11. The molecule has 1 N–H and O–H groups in total.